The first-order valence-corrected chi connectivity index (χ1v) is 10.6. The molecule has 5 rings (SSSR count). The highest BCUT2D eigenvalue weighted by Crippen LogP contribution is 2.24. The van der Waals surface area contributed by atoms with Crippen molar-refractivity contribution in [2.45, 2.75) is 20.4 Å². The van der Waals surface area contributed by atoms with E-state index in [1.165, 1.54) is 5.56 Å². The standard InChI is InChI=1S/C24H25N5O2/c1-16-7-9-18(10-8-16)23-26-21(31-27-23)15-28-11-13-29(14-12-28)24(30)22-17(2)25-20-6-4-3-5-19(20)22/h3-10,25H,11-15H2,1-2H3. The second-order valence-corrected chi connectivity index (χ2v) is 8.12. The molecular formula is C24H25N5O2. The molecule has 2 aromatic carbocycles. The lowest BCUT2D eigenvalue weighted by molar-refractivity contribution is 0.0616. The number of fused-ring (bicyclic) bond motifs is 1. The highest BCUT2D eigenvalue weighted by Gasteiger charge is 2.26. The van der Waals surface area contributed by atoms with Crippen LogP contribution in [0.15, 0.2) is 53.1 Å². The van der Waals surface area contributed by atoms with Crippen LogP contribution in [0, 0.1) is 13.8 Å². The number of carbonyl (C=O) groups is 1. The zero-order chi connectivity index (χ0) is 21.4. The molecule has 1 fully saturated rings. The van der Waals surface area contributed by atoms with E-state index in [9.17, 15) is 4.79 Å². The molecule has 0 atom stereocenters. The number of nitrogens with zero attached hydrogens (tertiary/aromatic N) is 4. The lowest BCUT2D eigenvalue weighted by Gasteiger charge is -2.34. The predicted octanol–water partition coefficient (Wildman–Crippen LogP) is 3.79. The first kappa shape index (κ1) is 19.5. The maximum absolute atomic E-state index is 13.2. The summed E-state index contributed by atoms with van der Waals surface area (Å²) in [4.78, 5) is 25.2. The van der Waals surface area contributed by atoms with Crippen molar-refractivity contribution in [3.63, 3.8) is 0 Å². The van der Waals surface area contributed by atoms with Crippen molar-refractivity contribution in [1.29, 1.82) is 0 Å². The van der Waals surface area contributed by atoms with Crippen LogP contribution in [0.4, 0.5) is 0 Å². The van der Waals surface area contributed by atoms with Crippen LogP contribution in [0.5, 0.6) is 0 Å². The third kappa shape index (κ3) is 3.84. The Morgan fingerprint density at radius 3 is 2.55 bits per heavy atom. The maximum atomic E-state index is 13.2. The van der Waals surface area contributed by atoms with Crippen LogP contribution in [0.25, 0.3) is 22.3 Å². The molecule has 2 aromatic heterocycles. The number of para-hydroxylation sites is 1. The number of aryl methyl sites for hydroxylation is 2. The Morgan fingerprint density at radius 2 is 1.77 bits per heavy atom. The predicted molar refractivity (Wildman–Crippen MR) is 119 cm³/mol. The van der Waals surface area contributed by atoms with Crippen molar-refractivity contribution >= 4 is 16.8 Å². The Balaban J connectivity index is 1.22. The number of hydrogen-bond donors (Lipinski definition) is 1. The van der Waals surface area contributed by atoms with Gasteiger partial charge >= 0.3 is 0 Å². The summed E-state index contributed by atoms with van der Waals surface area (Å²) in [6, 6.07) is 16.0. The minimum atomic E-state index is 0.0917. The van der Waals surface area contributed by atoms with Gasteiger partial charge in [-0.2, -0.15) is 4.98 Å². The van der Waals surface area contributed by atoms with Crippen LogP contribution in [-0.2, 0) is 6.54 Å². The zero-order valence-electron chi connectivity index (χ0n) is 17.8. The Kier molecular flexibility index (Phi) is 5.03. The Bertz CT molecular complexity index is 1220. The van der Waals surface area contributed by atoms with Gasteiger partial charge in [0, 0.05) is 48.3 Å². The molecule has 4 aromatic rings. The minimum absolute atomic E-state index is 0.0917. The number of aromatic amines is 1. The van der Waals surface area contributed by atoms with Crippen molar-refractivity contribution in [2.75, 3.05) is 26.2 Å². The molecule has 7 heteroatoms. The Hall–Kier alpha value is -3.45. The third-order valence-corrected chi connectivity index (χ3v) is 5.90. The van der Waals surface area contributed by atoms with Gasteiger partial charge in [0.25, 0.3) is 5.91 Å². The van der Waals surface area contributed by atoms with E-state index >= 15 is 0 Å². The maximum Gasteiger partial charge on any atom is 0.256 e. The van der Waals surface area contributed by atoms with Crippen LogP contribution in [0.2, 0.25) is 0 Å². The van der Waals surface area contributed by atoms with Gasteiger partial charge in [-0.3, -0.25) is 9.69 Å². The van der Waals surface area contributed by atoms with Crippen LogP contribution < -0.4 is 0 Å². The van der Waals surface area contributed by atoms with Crippen LogP contribution in [0.1, 0.15) is 27.5 Å². The smallest absolute Gasteiger partial charge is 0.256 e. The summed E-state index contributed by atoms with van der Waals surface area (Å²) in [6.07, 6.45) is 0. The molecule has 1 N–H and O–H groups in total. The molecule has 0 spiro atoms. The molecule has 1 amide bonds. The van der Waals surface area contributed by atoms with Crippen LogP contribution >= 0.6 is 0 Å². The number of H-pyrrole nitrogens is 1. The van der Waals surface area contributed by atoms with Gasteiger partial charge in [-0.15, -0.1) is 0 Å². The molecule has 0 aliphatic carbocycles. The van der Waals surface area contributed by atoms with E-state index in [0.717, 1.165) is 40.8 Å². The number of rotatable bonds is 4. The lowest BCUT2D eigenvalue weighted by Crippen LogP contribution is -2.48. The Morgan fingerprint density at radius 1 is 1.03 bits per heavy atom. The fourth-order valence-electron chi connectivity index (χ4n) is 4.15. The zero-order valence-corrected chi connectivity index (χ0v) is 17.8. The normalized spacial score (nSPS) is 15.0. The van der Waals surface area contributed by atoms with Gasteiger partial charge in [0.15, 0.2) is 0 Å². The summed E-state index contributed by atoms with van der Waals surface area (Å²) in [7, 11) is 0. The average Bonchev–Trinajstić information content (AvgIpc) is 3.38. The van der Waals surface area contributed by atoms with E-state index in [0.29, 0.717) is 31.3 Å². The molecule has 3 heterocycles. The SMILES string of the molecule is Cc1ccc(-c2noc(CN3CCN(C(=O)c4c(C)[nH]c5ccccc45)CC3)n2)cc1. The van der Waals surface area contributed by atoms with E-state index < -0.39 is 0 Å². The topological polar surface area (TPSA) is 78.3 Å². The number of amides is 1. The second kappa shape index (κ2) is 8.00. The molecule has 0 unspecified atom stereocenters. The van der Waals surface area contributed by atoms with Gasteiger partial charge in [-0.05, 0) is 19.9 Å². The number of hydrogen-bond acceptors (Lipinski definition) is 5. The van der Waals surface area contributed by atoms with E-state index in [1.807, 2.05) is 60.4 Å². The monoisotopic (exact) mass is 415 g/mol. The molecule has 1 aliphatic heterocycles. The number of aromatic nitrogens is 3. The van der Waals surface area contributed by atoms with E-state index in [-0.39, 0.29) is 5.91 Å². The van der Waals surface area contributed by atoms with Gasteiger partial charge < -0.3 is 14.4 Å². The van der Waals surface area contributed by atoms with Crippen molar-refractivity contribution in [3.05, 3.63) is 71.2 Å². The van der Waals surface area contributed by atoms with E-state index in [2.05, 4.69) is 26.9 Å². The fourth-order valence-corrected chi connectivity index (χ4v) is 4.15. The fraction of sp³-hybridized carbons (Fsp3) is 0.292. The van der Waals surface area contributed by atoms with Gasteiger partial charge in [0.2, 0.25) is 11.7 Å². The average molecular weight is 415 g/mol. The molecule has 0 radical (unpaired) electrons. The summed E-state index contributed by atoms with van der Waals surface area (Å²) in [6.45, 7) is 7.51. The quantitative estimate of drug-likeness (QED) is 0.549. The largest absolute Gasteiger partial charge is 0.358 e. The first-order chi connectivity index (χ1) is 15.1. The highest BCUT2D eigenvalue weighted by atomic mass is 16.5. The van der Waals surface area contributed by atoms with Crippen LogP contribution in [0.3, 0.4) is 0 Å². The summed E-state index contributed by atoms with van der Waals surface area (Å²) >= 11 is 0. The van der Waals surface area contributed by atoms with Gasteiger partial charge in [-0.25, -0.2) is 0 Å². The van der Waals surface area contributed by atoms with E-state index in [4.69, 9.17) is 4.52 Å². The summed E-state index contributed by atoms with van der Waals surface area (Å²) in [5.74, 6) is 1.30. The van der Waals surface area contributed by atoms with E-state index in [1.54, 1.807) is 0 Å². The number of carbonyl (C=O) groups excluding carboxylic acids is 1. The van der Waals surface area contributed by atoms with Crippen molar-refractivity contribution in [3.8, 4) is 11.4 Å². The van der Waals surface area contributed by atoms with Crippen molar-refractivity contribution in [2.24, 2.45) is 0 Å². The van der Waals surface area contributed by atoms with Crippen molar-refractivity contribution in [1.82, 2.24) is 24.9 Å². The summed E-state index contributed by atoms with van der Waals surface area (Å²) in [5.41, 5.74) is 4.85. The summed E-state index contributed by atoms with van der Waals surface area (Å²) < 4.78 is 5.46. The number of benzene rings is 2. The molecule has 7 nitrogen and oxygen atoms in total. The first-order valence-electron chi connectivity index (χ1n) is 10.6. The Labute approximate surface area is 180 Å². The molecule has 0 bridgehead atoms. The molecule has 1 aliphatic rings. The van der Waals surface area contributed by atoms with Crippen LogP contribution in [-0.4, -0.2) is 57.0 Å². The number of piperazine rings is 1. The lowest BCUT2D eigenvalue weighted by atomic mass is 10.1. The van der Waals surface area contributed by atoms with Gasteiger partial charge in [0.1, 0.15) is 0 Å². The third-order valence-electron chi connectivity index (χ3n) is 5.90. The molecule has 0 saturated carbocycles. The molecule has 158 valence electrons. The highest BCUT2D eigenvalue weighted by molar-refractivity contribution is 6.08. The molecular weight excluding hydrogens is 390 g/mol. The van der Waals surface area contributed by atoms with Crippen molar-refractivity contribution < 1.29 is 9.32 Å². The molecule has 1 saturated heterocycles. The van der Waals surface area contributed by atoms with Gasteiger partial charge in [0.05, 0.1) is 12.1 Å². The van der Waals surface area contributed by atoms with Gasteiger partial charge in [-0.1, -0.05) is 53.2 Å². The minimum Gasteiger partial charge on any atom is -0.358 e. The number of nitrogens with one attached hydrogen (secondary N) is 1. The summed E-state index contributed by atoms with van der Waals surface area (Å²) in [5, 5.41) is 5.10. The molecule has 31 heavy (non-hydrogen) atoms. The second-order valence-electron chi connectivity index (χ2n) is 8.12.